The van der Waals surface area contributed by atoms with Crippen molar-refractivity contribution in [3.63, 3.8) is 0 Å². The molecule has 1 aliphatic rings. The van der Waals surface area contributed by atoms with E-state index in [2.05, 4.69) is 5.32 Å². The Labute approximate surface area is 121 Å². The van der Waals surface area contributed by atoms with Crippen molar-refractivity contribution in [1.82, 2.24) is 5.32 Å². The van der Waals surface area contributed by atoms with Gasteiger partial charge in [0.2, 0.25) is 0 Å². The fourth-order valence-corrected chi connectivity index (χ4v) is 2.46. The highest BCUT2D eigenvalue weighted by Gasteiger charge is 2.35. The Morgan fingerprint density at radius 1 is 1.30 bits per heavy atom. The molecule has 0 amide bonds. The molecule has 1 saturated carbocycles. The zero-order valence-corrected chi connectivity index (χ0v) is 12.6. The van der Waals surface area contributed by atoms with Crippen LogP contribution in [-0.4, -0.2) is 30.5 Å². The summed E-state index contributed by atoms with van der Waals surface area (Å²) in [4.78, 5) is 0. The number of aliphatic hydroxyl groups excluding tert-OH is 1. The Morgan fingerprint density at radius 2 is 2.05 bits per heavy atom. The molecule has 0 aliphatic heterocycles. The minimum atomic E-state index is -0.0691. The van der Waals surface area contributed by atoms with E-state index < -0.39 is 0 Å². The molecule has 4 heteroatoms. The van der Waals surface area contributed by atoms with E-state index in [1.807, 2.05) is 32.0 Å². The summed E-state index contributed by atoms with van der Waals surface area (Å²) in [5.74, 6) is 1.52. The predicted octanol–water partition coefficient (Wildman–Crippen LogP) is 2.49. The topological polar surface area (TPSA) is 50.7 Å². The second-order valence-corrected chi connectivity index (χ2v) is 5.80. The fourth-order valence-electron chi connectivity index (χ4n) is 2.46. The van der Waals surface area contributed by atoms with Gasteiger partial charge >= 0.3 is 0 Å². The van der Waals surface area contributed by atoms with Gasteiger partial charge in [0.15, 0.2) is 11.5 Å². The normalized spacial score (nSPS) is 16.9. The van der Waals surface area contributed by atoms with Crippen LogP contribution in [0.15, 0.2) is 18.2 Å². The van der Waals surface area contributed by atoms with Crippen molar-refractivity contribution in [2.24, 2.45) is 0 Å². The Kier molecular flexibility index (Phi) is 4.89. The fraction of sp³-hybridized carbons (Fsp3) is 0.625. The number of benzene rings is 1. The minimum Gasteiger partial charge on any atom is -0.493 e. The summed E-state index contributed by atoms with van der Waals surface area (Å²) in [6.07, 6.45) is 3.42. The maximum absolute atomic E-state index is 9.45. The molecule has 0 bridgehead atoms. The molecular formula is C16H25NO3. The summed E-state index contributed by atoms with van der Waals surface area (Å²) >= 11 is 0. The van der Waals surface area contributed by atoms with Crippen molar-refractivity contribution < 1.29 is 14.6 Å². The highest BCUT2D eigenvalue weighted by Crippen LogP contribution is 2.32. The van der Waals surface area contributed by atoms with Gasteiger partial charge in [-0.2, -0.15) is 0 Å². The molecule has 2 rings (SSSR count). The number of hydrogen-bond donors (Lipinski definition) is 2. The van der Waals surface area contributed by atoms with Crippen LogP contribution in [0, 0.1) is 0 Å². The third-order valence-electron chi connectivity index (χ3n) is 3.87. The molecule has 4 nitrogen and oxygen atoms in total. The van der Waals surface area contributed by atoms with Gasteiger partial charge in [-0.3, -0.25) is 0 Å². The maximum Gasteiger partial charge on any atom is 0.161 e. The van der Waals surface area contributed by atoms with Gasteiger partial charge in [-0.1, -0.05) is 6.07 Å². The summed E-state index contributed by atoms with van der Waals surface area (Å²) < 4.78 is 11.1. The first-order chi connectivity index (χ1) is 9.58. The van der Waals surface area contributed by atoms with Crippen LogP contribution in [0.5, 0.6) is 11.5 Å². The molecule has 0 saturated heterocycles. The summed E-state index contributed by atoms with van der Waals surface area (Å²) in [6, 6.07) is 5.98. The molecule has 0 radical (unpaired) electrons. The van der Waals surface area contributed by atoms with E-state index in [1.54, 1.807) is 7.11 Å². The van der Waals surface area contributed by atoms with Crippen LogP contribution in [0.1, 0.15) is 38.7 Å². The molecule has 0 aromatic heterocycles. The molecule has 0 heterocycles. The van der Waals surface area contributed by atoms with Gasteiger partial charge in [0, 0.05) is 12.1 Å². The number of hydrogen-bond acceptors (Lipinski definition) is 4. The SMILES string of the molecule is COc1cc(CNC2(CO)CCC2)ccc1OC(C)C. The van der Waals surface area contributed by atoms with E-state index in [-0.39, 0.29) is 18.2 Å². The summed E-state index contributed by atoms with van der Waals surface area (Å²) in [7, 11) is 1.65. The quantitative estimate of drug-likeness (QED) is 0.805. The average molecular weight is 279 g/mol. The number of ether oxygens (including phenoxy) is 2. The number of methoxy groups -OCH3 is 1. The molecule has 1 aromatic rings. The van der Waals surface area contributed by atoms with E-state index in [9.17, 15) is 5.11 Å². The monoisotopic (exact) mass is 279 g/mol. The van der Waals surface area contributed by atoms with Gasteiger partial charge in [-0.15, -0.1) is 0 Å². The van der Waals surface area contributed by atoms with E-state index in [1.165, 1.54) is 6.42 Å². The van der Waals surface area contributed by atoms with Crippen molar-refractivity contribution in [2.45, 2.75) is 51.3 Å². The van der Waals surface area contributed by atoms with Crippen LogP contribution in [0.3, 0.4) is 0 Å². The number of aliphatic hydroxyl groups is 1. The number of rotatable bonds is 7. The summed E-state index contributed by atoms with van der Waals surface area (Å²) in [5.41, 5.74) is 1.07. The van der Waals surface area contributed by atoms with E-state index >= 15 is 0 Å². The highest BCUT2D eigenvalue weighted by molar-refractivity contribution is 5.43. The second kappa shape index (κ2) is 6.46. The third kappa shape index (κ3) is 3.44. The lowest BCUT2D eigenvalue weighted by molar-refractivity contribution is 0.0872. The standard InChI is InChI=1S/C16H25NO3/c1-12(2)20-14-6-5-13(9-15(14)19-3)10-17-16(11-18)7-4-8-16/h5-6,9,12,17-18H,4,7-8,10-11H2,1-3H3. The van der Waals surface area contributed by atoms with Gasteiger partial charge in [0.05, 0.1) is 19.8 Å². The largest absolute Gasteiger partial charge is 0.493 e. The molecule has 1 fully saturated rings. The first-order valence-corrected chi connectivity index (χ1v) is 7.28. The predicted molar refractivity (Wildman–Crippen MR) is 79.3 cm³/mol. The van der Waals surface area contributed by atoms with Crippen LogP contribution < -0.4 is 14.8 Å². The lowest BCUT2D eigenvalue weighted by Crippen LogP contribution is -2.53. The molecule has 0 spiro atoms. The second-order valence-electron chi connectivity index (χ2n) is 5.80. The molecular weight excluding hydrogens is 254 g/mol. The van der Waals surface area contributed by atoms with Crippen LogP contribution in [0.25, 0.3) is 0 Å². The molecule has 0 unspecified atom stereocenters. The van der Waals surface area contributed by atoms with Gasteiger partial charge in [-0.05, 0) is 50.8 Å². The van der Waals surface area contributed by atoms with Crippen LogP contribution >= 0.6 is 0 Å². The van der Waals surface area contributed by atoms with Gasteiger partial charge in [0.25, 0.3) is 0 Å². The summed E-state index contributed by atoms with van der Waals surface area (Å²) in [5, 5.41) is 12.9. The van der Waals surface area contributed by atoms with E-state index in [0.29, 0.717) is 0 Å². The molecule has 20 heavy (non-hydrogen) atoms. The molecule has 1 aromatic carbocycles. The zero-order valence-electron chi connectivity index (χ0n) is 12.6. The zero-order chi connectivity index (χ0) is 14.6. The minimum absolute atomic E-state index is 0.0691. The van der Waals surface area contributed by atoms with Crippen molar-refractivity contribution in [3.8, 4) is 11.5 Å². The van der Waals surface area contributed by atoms with Crippen molar-refractivity contribution in [2.75, 3.05) is 13.7 Å². The molecule has 2 N–H and O–H groups in total. The average Bonchev–Trinajstić information content (AvgIpc) is 2.39. The Bertz CT molecular complexity index is 436. The van der Waals surface area contributed by atoms with Crippen molar-refractivity contribution in [1.29, 1.82) is 0 Å². The van der Waals surface area contributed by atoms with Gasteiger partial charge in [0.1, 0.15) is 0 Å². The van der Waals surface area contributed by atoms with Gasteiger partial charge in [-0.25, -0.2) is 0 Å². The first-order valence-electron chi connectivity index (χ1n) is 7.28. The Hall–Kier alpha value is -1.26. The smallest absolute Gasteiger partial charge is 0.161 e. The number of nitrogens with one attached hydrogen (secondary N) is 1. The summed E-state index contributed by atoms with van der Waals surface area (Å²) in [6.45, 7) is 4.94. The molecule has 0 atom stereocenters. The van der Waals surface area contributed by atoms with Gasteiger partial charge < -0.3 is 19.9 Å². The van der Waals surface area contributed by atoms with Crippen LogP contribution in [0.2, 0.25) is 0 Å². The Morgan fingerprint density at radius 3 is 2.55 bits per heavy atom. The molecule has 112 valence electrons. The first kappa shape index (κ1) is 15.1. The van der Waals surface area contributed by atoms with E-state index in [4.69, 9.17) is 9.47 Å². The van der Waals surface area contributed by atoms with Crippen molar-refractivity contribution >= 4 is 0 Å². The lowest BCUT2D eigenvalue weighted by atomic mass is 9.77. The highest BCUT2D eigenvalue weighted by atomic mass is 16.5. The lowest BCUT2D eigenvalue weighted by Gasteiger charge is -2.41. The van der Waals surface area contributed by atoms with E-state index in [0.717, 1.165) is 36.4 Å². The van der Waals surface area contributed by atoms with Crippen LogP contribution in [0.4, 0.5) is 0 Å². The van der Waals surface area contributed by atoms with Crippen LogP contribution in [-0.2, 0) is 6.54 Å². The Balaban J connectivity index is 2.02. The van der Waals surface area contributed by atoms with Crippen molar-refractivity contribution in [3.05, 3.63) is 23.8 Å². The third-order valence-corrected chi connectivity index (χ3v) is 3.87. The molecule has 1 aliphatic carbocycles. The maximum atomic E-state index is 9.45.